The Morgan fingerprint density at radius 2 is 2.19 bits per heavy atom. The molecule has 0 saturated carbocycles. The van der Waals surface area contributed by atoms with Crippen LogP contribution in [0.5, 0.6) is 0 Å². The molecule has 1 fully saturated rings. The van der Waals surface area contributed by atoms with E-state index in [0.29, 0.717) is 30.5 Å². The molecule has 3 rings (SSSR count). The molecule has 0 bridgehead atoms. The number of nitrogens with two attached hydrogens (primary N) is 1. The smallest absolute Gasteiger partial charge is 0.257 e. The fourth-order valence-electron chi connectivity index (χ4n) is 2.56. The lowest BCUT2D eigenvalue weighted by molar-refractivity contribution is 0.0729. The summed E-state index contributed by atoms with van der Waals surface area (Å²) in [7, 11) is -3.63. The van der Waals surface area contributed by atoms with E-state index in [1.807, 2.05) is 0 Å². The van der Waals surface area contributed by atoms with Crippen molar-refractivity contribution in [2.24, 2.45) is 5.14 Å². The fourth-order valence-corrected chi connectivity index (χ4v) is 3.44. The van der Waals surface area contributed by atoms with Crippen LogP contribution in [0.3, 0.4) is 0 Å². The highest BCUT2D eigenvalue weighted by Crippen LogP contribution is 2.19. The summed E-state index contributed by atoms with van der Waals surface area (Å²) in [5.74, 6) is -0.244. The second-order valence-electron chi connectivity index (χ2n) is 5.07. The molecule has 21 heavy (non-hydrogen) atoms. The number of primary sulfonamides is 1. The third-order valence-corrected chi connectivity index (χ3v) is 5.00. The van der Waals surface area contributed by atoms with Gasteiger partial charge < -0.3 is 4.90 Å². The quantitative estimate of drug-likeness (QED) is 0.813. The number of carbonyl (C=O) groups is 1. The highest BCUT2D eigenvalue weighted by atomic mass is 32.2. The molecule has 2 aromatic rings. The van der Waals surface area contributed by atoms with E-state index < -0.39 is 15.3 Å². The first-order valence-corrected chi connectivity index (χ1v) is 8.16. The van der Waals surface area contributed by atoms with Gasteiger partial charge in [-0.1, -0.05) is 0 Å². The van der Waals surface area contributed by atoms with Gasteiger partial charge in [0.1, 0.15) is 0 Å². The first-order valence-electron chi connectivity index (χ1n) is 6.55. The molecule has 3 heterocycles. The van der Waals surface area contributed by atoms with E-state index in [9.17, 15) is 13.2 Å². The van der Waals surface area contributed by atoms with Crippen molar-refractivity contribution in [1.82, 2.24) is 19.5 Å². The van der Waals surface area contributed by atoms with Crippen molar-refractivity contribution in [2.45, 2.75) is 18.1 Å². The molecule has 0 radical (unpaired) electrons. The normalized spacial score (nSPS) is 19.9. The number of rotatable bonds is 2. The summed E-state index contributed by atoms with van der Waals surface area (Å²) in [6.45, 7) is 0.637. The summed E-state index contributed by atoms with van der Waals surface area (Å²) in [5.41, 5.74) is 1.01. The fraction of sp³-hybridized carbons (Fsp3) is 0.417. The molecule has 2 aromatic heterocycles. The van der Waals surface area contributed by atoms with Gasteiger partial charge in [0.2, 0.25) is 10.0 Å². The molecule has 0 spiro atoms. The number of piperidine rings is 1. The number of sulfonamides is 1. The van der Waals surface area contributed by atoms with Crippen molar-refractivity contribution < 1.29 is 13.2 Å². The summed E-state index contributed by atoms with van der Waals surface area (Å²) in [6.07, 6.45) is 7.35. The zero-order valence-electron chi connectivity index (χ0n) is 11.2. The van der Waals surface area contributed by atoms with Gasteiger partial charge in [-0.15, -0.1) is 0 Å². The highest BCUT2D eigenvalue weighted by Gasteiger charge is 2.31. The molecule has 1 unspecified atom stereocenters. The molecule has 112 valence electrons. The molecule has 1 saturated heterocycles. The van der Waals surface area contributed by atoms with Crippen LogP contribution < -0.4 is 5.14 Å². The molecular formula is C12H15N5O3S. The average Bonchev–Trinajstić information content (AvgIpc) is 2.90. The number of nitrogens with zero attached hydrogens (tertiary/aromatic N) is 4. The average molecular weight is 309 g/mol. The summed E-state index contributed by atoms with van der Waals surface area (Å²) in [5, 5.41) is 8.58. The van der Waals surface area contributed by atoms with Crippen molar-refractivity contribution in [1.29, 1.82) is 0 Å². The minimum absolute atomic E-state index is 0.120. The van der Waals surface area contributed by atoms with Crippen molar-refractivity contribution in [3.8, 4) is 0 Å². The highest BCUT2D eigenvalue weighted by molar-refractivity contribution is 7.89. The number of amides is 1. The van der Waals surface area contributed by atoms with Gasteiger partial charge in [0.25, 0.3) is 5.91 Å². The molecule has 2 N–H and O–H groups in total. The van der Waals surface area contributed by atoms with Crippen LogP contribution in [0.1, 0.15) is 23.2 Å². The van der Waals surface area contributed by atoms with Crippen LogP contribution in [0.25, 0.3) is 5.52 Å². The molecule has 9 heteroatoms. The van der Waals surface area contributed by atoms with Gasteiger partial charge in [-0.05, 0) is 12.8 Å². The summed E-state index contributed by atoms with van der Waals surface area (Å²) >= 11 is 0. The zero-order valence-corrected chi connectivity index (χ0v) is 12.0. The SMILES string of the molecule is NS(=O)(=O)C1CCCN(C(=O)c2cnn3ccncc23)C1. The van der Waals surface area contributed by atoms with Crippen molar-refractivity contribution >= 4 is 21.4 Å². The number of fused-ring (bicyclic) bond motifs is 1. The maximum absolute atomic E-state index is 12.6. The molecule has 0 aromatic carbocycles. The van der Waals surface area contributed by atoms with Gasteiger partial charge in [-0.25, -0.2) is 18.1 Å². The van der Waals surface area contributed by atoms with E-state index >= 15 is 0 Å². The lowest BCUT2D eigenvalue weighted by Gasteiger charge is -2.31. The van der Waals surface area contributed by atoms with E-state index in [1.54, 1.807) is 23.1 Å². The molecule has 8 nitrogen and oxygen atoms in total. The minimum atomic E-state index is -3.63. The molecule has 0 aliphatic carbocycles. The predicted molar refractivity (Wildman–Crippen MR) is 75.0 cm³/mol. The number of hydrogen-bond donors (Lipinski definition) is 1. The summed E-state index contributed by atoms with van der Waals surface area (Å²) in [4.78, 5) is 18.1. The van der Waals surface area contributed by atoms with Gasteiger partial charge in [-0.3, -0.25) is 9.78 Å². The van der Waals surface area contributed by atoms with Crippen LogP contribution in [-0.2, 0) is 10.0 Å². The molecule has 1 aliphatic heterocycles. The summed E-state index contributed by atoms with van der Waals surface area (Å²) < 4.78 is 24.5. The van der Waals surface area contributed by atoms with Crippen molar-refractivity contribution in [3.05, 3.63) is 30.4 Å². The maximum atomic E-state index is 12.6. The van der Waals surface area contributed by atoms with Gasteiger partial charge in [0.15, 0.2) is 0 Å². The third-order valence-electron chi connectivity index (χ3n) is 3.69. The van der Waals surface area contributed by atoms with Crippen LogP contribution in [0, 0.1) is 0 Å². The number of likely N-dealkylation sites (tertiary alicyclic amines) is 1. The van der Waals surface area contributed by atoms with Crippen molar-refractivity contribution in [3.63, 3.8) is 0 Å². The van der Waals surface area contributed by atoms with E-state index in [2.05, 4.69) is 10.1 Å². The largest absolute Gasteiger partial charge is 0.337 e. The van der Waals surface area contributed by atoms with Crippen LogP contribution in [0.15, 0.2) is 24.8 Å². The Morgan fingerprint density at radius 3 is 2.95 bits per heavy atom. The second kappa shape index (κ2) is 5.08. The van der Waals surface area contributed by atoms with Gasteiger partial charge >= 0.3 is 0 Å². The van der Waals surface area contributed by atoms with E-state index in [0.717, 1.165) is 0 Å². The van der Waals surface area contributed by atoms with Gasteiger partial charge in [0, 0.05) is 25.5 Å². The Labute approximate surface area is 121 Å². The Morgan fingerprint density at radius 1 is 1.38 bits per heavy atom. The Kier molecular flexibility index (Phi) is 3.38. The number of hydrogen-bond acceptors (Lipinski definition) is 5. The maximum Gasteiger partial charge on any atom is 0.257 e. The summed E-state index contributed by atoms with van der Waals surface area (Å²) in [6, 6.07) is 0. The van der Waals surface area contributed by atoms with Gasteiger partial charge in [-0.2, -0.15) is 5.10 Å². The van der Waals surface area contributed by atoms with Gasteiger partial charge in [0.05, 0.1) is 28.7 Å². The monoisotopic (exact) mass is 309 g/mol. The minimum Gasteiger partial charge on any atom is -0.337 e. The lowest BCUT2D eigenvalue weighted by Crippen LogP contribution is -2.47. The standard InChI is InChI=1S/C12H15N5O3S/c13-21(19,20)9-2-1-4-16(8-9)12(18)10-6-15-17-5-3-14-7-11(10)17/h3,5-7,9H,1-2,4,8H2,(H2,13,19,20). The van der Waals surface area contributed by atoms with Crippen molar-refractivity contribution in [2.75, 3.05) is 13.1 Å². The van der Waals surface area contributed by atoms with E-state index in [1.165, 1.54) is 11.1 Å². The molecule has 1 aliphatic rings. The Balaban J connectivity index is 1.88. The molecule has 1 amide bonds. The van der Waals surface area contributed by atoms with Crippen LogP contribution in [0.4, 0.5) is 0 Å². The van der Waals surface area contributed by atoms with E-state index in [-0.39, 0.29) is 12.5 Å². The first-order chi connectivity index (χ1) is 9.97. The second-order valence-corrected chi connectivity index (χ2v) is 6.91. The van der Waals surface area contributed by atoms with Crippen LogP contribution in [-0.4, -0.2) is 52.2 Å². The lowest BCUT2D eigenvalue weighted by atomic mass is 10.1. The third kappa shape index (κ3) is 2.61. The van der Waals surface area contributed by atoms with Crippen LogP contribution >= 0.6 is 0 Å². The Hall–Kier alpha value is -2.00. The number of carbonyl (C=O) groups excluding carboxylic acids is 1. The molecular weight excluding hydrogens is 294 g/mol. The first kappa shape index (κ1) is 14.0. The number of aromatic nitrogens is 3. The topological polar surface area (TPSA) is 111 Å². The Bertz CT molecular complexity index is 785. The molecule has 1 atom stereocenters. The predicted octanol–water partition coefficient (Wildman–Crippen LogP) is -0.378. The van der Waals surface area contributed by atoms with E-state index in [4.69, 9.17) is 5.14 Å². The van der Waals surface area contributed by atoms with Crippen LogP contribution in [0.2, 0.25) is 0 Å². The zero-order chi connectivity index (χ0) is 15.0.